The number of benzene rings is 1. The number of aromatic hydroxyl groups is 1. The van der Waals surface area contributed by atoms with Gasteiger partial charge in [-0.25, -0.2) is 4.98 Å². The summed E-state index contributed by atoms with van der Waals surface area (Å²) in [5.41, 5.74) is 2.44. The van der Waals surface area contributed by atoms with Gasteiger partial charge < -0.3 is 25.5 Å². The molecule has 0 radical (unpaired) electrons. The third kappa shape index (κ3) is 2.59. The number of hydrogen-bond acceptors (Lipinski definition) is 10. The highest BCUT2D eigenvalue weighted by molar-refractivity contribution is 6.31. The van der Waals surface area contributed by atoms with Gasteiger partial charge in [0.2, 0.25) is 11.8 Å². The number of primary amides is 1. The van der Waals surface area contributed by atoms with Crippen molar-refractivity contribution in [2.24, 2.45) is 29.4 Å². The summed E-state index contributed by atoms with van der Waals surface area (Å²) in [4.78, 5) is 68.2. The van der Waals surface area contributed by atoms with E-state index in [1.165, 1.54) is 18.5 Å². The highest BCUT2D eigenvalue weighted by Crippen LogP contribution is 2.54. The zero-order chi connectivity index (χ0) is 24.7. The zero-order valence-corrected chi connectivity index (χ0v) is 17.8. The third-order valence-corrected chi connectivity index (χ3v) is 7.52. The molecule has 5 rings (SSSR count). The van der Waals surface area contributed by atoms with Gasteiger partial charge in [-0.1, -0.05) is 13.0 Å². The van der Waals surface area contributed by atoms with Crippen LogP contribution in [0.15, 0.2) is 29.0 Å². The monoisotopic (exact) mass is 468 g/mol. The molecule has 2 fully saturated rings. The van der Waals surface area contributed by atoms with Crippen LogP contribution in [0.2, 0.25) is 0 Å². The molecule has 11 nitrogen and oxygen atoms in total. The number of phenolic OH excluding ortho intramolecular Hbond substituents is 1. The Labute approximate surface area is 191 Å². The number of rotatable bonds is 2. The second kappa shape index (κ2) is 7.15. The molecule has 1 aromatic carbocycles. The molecular formula is C23H20N2O9. The molecule has 0 bridgehead atoms. The number of phenols is 1. The number of aromatic nitrogens is 1. The number of amides is 1. The van der Waals surface area contributed by atoms with E-state index in [4.69, 9.17) is 10.2 Å². The van der Waals surface area contributed by atoms with E-state index in [0.29, 0.717) is 5.56 Å². The van der Waals surface area contributed by atoms with Crippen LogP contribution >= 0.6 is 0 Å². The average molecular weight is 468 g/mol. The molecule has 0 saturated heterocycles. The Hall–Kier alpha value is -3.70. The first kappa shape index (κ1) is 22.1. The number of carbonyl (C=O) groups excluding carboxylic acids is 5. The summed E-state index contributed by atoms with van der Waals surface area (Å²) in [5, 5.41) is 33.3. The van der Waals surface area contributed by atoms with Crippen molar-refractivity contribution < 1.29 is 43.7 Å². The summed E-state index contributed by atoms with van der Waals surface area (Å²) >= 11 is 0. The van der Waals surface area contributed by atoms with Crippen LogP contribution in [0.3, 0.4) is 0 Å². The van der Waals surface area contributed by atoms with E-state index in [2.05, 4.69) is 4.98 Å². The molecule has 2 unspecified atom stereocenters. The number of aliphatic hydroxyl groups is 2. The molecule has 176 valence electrons. The fraction of sp³-hybridized carbons (Fsp3) is 0.391. The first-order valence-electron chi connectivity index (χ1n) is 10.6. The normalized spacial score (nSPS) is 34.9. The number of nitrogens with zero attached hydrogens (tertiary/aromatic N) is 1. The lowest BCUT2D eigenvalue weighted by Gasteiger charge is -2.52. The average Bonchev–Trinajstić information content (AvgIpc) is 3.31. The van der Waals surface area contributed by atoms with Gasteiger partial charge in [-0.05, 0) is 17.5 Å². The predicted octanol–water partition coefficient (Wildman–Crippen LogP) is -0.486. The number of fused-ring (bicyclic) bond motifs is 3. The van der Waals surface area contributed by atoms with E-state index in [9.17, 15) is 39.3 Å². The summed E-state index contributed by atoms with van der Waals surface area (Å²) in [6.45, 7) is 1.63. The van der Waals surface area contributed by atoms with Crippen molar-refractivity contribution in [1.29, 1.82) is 0 Å². The van der Waals surface area contributed by atoms with Gasteiger partial charge >= 0.3 is 0 Å². The lowest BCUT2D eigenvalue weighted by Crippen LogP contribution is -2.72. The van der Waals surface area contributed by atoms with E-state index in [1.807, 2.05) is 0 Å². The first-order valence-corrected chi connectivity index (χ1v) is 10.6. The molecule has 0 aliphatic heterocycles. The Balaban J connectivity index is 1.67. The maximum Gasteiger partial charge on any atom is 0.235 e. The standard InChI is InChI=1S/C23H20N2O9/c1-7-8-2-3-9(22-25-4-5-34-22)16(27)13(8)18(29)15-12(7)17(28)10-6-11(26)14(21(24)32)19(30)23(10,33)20(15)31/h2-5,7,10,12,14-15,17,27-28,33H,6H2,1H3,(H2,24,32)/t7-,10+,12+,14?,15?,17+,23+/m0/s1. The molecule has 1 amide bonds. The summed E-state index contributed by atoms with van der Waals surface area (Å²) in [6, 6.07) is 3.04. The summed E-state index contributed by atoms with van der Waals surface area (Å²) in [7, 11) is 0. The van der Waals surface area contributed by atoms with Crippen LogP contribution in [0.1, 0.15) is 35.2 Å². The van der Waals surface area contributed by atoms with Gasteiger partial charge in [0.15, 0.2) is 34.7 Å². The van der Waals surface area contributed by atoms with Crippen LogP contribution in [0.5, 0.6) is 5.75 Å². The smallest absolute Gasteiger partial charge is 0.235 e. The molecule has 11 heteroatoms. The van der Waals surface area contributed by atoms with Crippen molar-refractivity contribution in [1.82, 2.24) is 4.98 Å². The maximum atomic E-state index is 13.6. The lowest BCUT2D eigenvalue weighted by atomic mass is 9.50. The van der Waals surface area contributed by atoms with Crippen LogP contribution in [-0.2, 0) is 19.2 Å². The minimum Gasteiger partial charge on any atom is -0.506 e. The lowest BCUT2D eigenvalue weighted by molar-refractivity contribution is -0.189. The Morgan fingerprint density at radius 1 is 1.21 bits per heavy atom. The molecule has 7 atom stereocenters. The van der Waals surface area contributed by atoms with Gasteiger partial charge in [0.1, 0.15) is 12.0 Å². The van der Waals surface area contributed by atoms with Gasteiger partial charge in [-0.15, -0.1) is 0 Å². The Morgan fingerprint density at radius 3 is 2.53 bits per heavy atom. The van der Waals surface area contributed by atoms with E-state index >= 15 is 0 Å². The fourth-order valence-electron chi connectivity index (χ4n) is 5.88. The summed E-state index contributed by atoms with van der Waals surface area (Å²) in [6.07, 6.45) is 0.385. The SMILES string of the molecule is C[C@H]1c2ccc(-c3ncco3)c(O)c2C(=O)C2C(=O)[C@]3(O)C(=O)C(C(N)=O)C(=O)C[C@@H]3[C@@H](O)[C@@H]21. The van der Waals surface area contributed by atoms with E-state index in [1.54, 1.807) is 13.0 Å². The van der Waals surface area contributed by atoms with Crippen molar-refractivity contribution >= 4 is 29.0 Å². The largest absolute Gasteiger partial charge is 0.506 e. The summed E-state index contributed by atoms with van der Waals surface area (Å²) in [5.74, 6) is -13.3. The van der Waals surface area contributed by atoms with Gasteiger partial charge in [-0.3, -0.25) is 24.0 Å². The highest BCUT2D eigenvalue weighted by Gasteiger charge is 2.69. The molecule has 3 aliphatic rings. The van der Waals surface area contributed by atoms with Crippen molar-refractivity contribution in [2.75, 3.05) is 0 Å². The first-order chi connectivity index (χ1) is 16.0. The predicted molar refractivity (Wildman–Crippen MR) is 110 cm³/mol. The number of ketones is 4. The van der Waals surface area contributed by atoms with Gasteiger partial charge in [0.05, 0.1) is 29.3 Å². The van der Waals surface area contributed by atoms with Crippen molar-refractivity contribution in [2.45, 2.75) is 31.0 Å². The van der Waals surface area contributed by atoms with Crippen LogP contribution in [-0.4, -0.2) is 61.0 Å². The van der Waals surface area contributed by atoms with Crippen LogP contribution < -0.4 is 5.73 Å². The number of aliphatic hydroxyl groups excluding tert-OH is 1. The molecule has 2 aromatic rings. The number of Topliss-reactive ketones (excluding diaryl/α,β-unsaturated/α-hetero) is 4. The Morgan fingerprint density at radius 2 is 1.91 bits per heavy atom. The van der Waals surface area contributed by atoms with E-state index in [-0.39, 0.29) is 17.0 Å². The highest BCUT2D eigenvalue weighted by atomic mass is 16.3. The van der Waals surface area contributed by atoms with Crippen molar-refractivity contribution in [3.63, 3.8) is 0 Å². The molecule has 34 heavy (non-hydrogen) atoms. The maximum absolute atomic E-state index is 13.6. The quantitative estimate of drug-likeness (QED) is 0.417. The molecule has 1 heterocycles. The van der Waals surface area contributed by atoms with Crippen molar-refractivity contribution in [3.8, 4) is 17.2 Å². The van der Waals surface area contributed by atoms with Gasteiger partial charge in [-0.2, -0.15) is 0 Å². The minimum absolute atomic E-state index is 0.0295. The van der Waals surface area contributed by atoms with Crippen molar-refractivity contribution in [3.05, 3.63) is 35.7 Å². The van der Waals surface area contributed by atoms with Crippen LogP contribution in [0, 0.1) is 23.7 Å². The van der Waals surface area contributed by atoms with Gasteiger partial charge in [0.25, 0.3) is 0 Å². The number of carbonyl (C=O) groups is 5. The molecule has 2 saturated carbocycles. The zero-order valence-electron chi connectivity index (χ0n) is 17.8. The topological polar surface area (TPSA) is 198 Å². The van der Waals surface area contributed by atoms with E-state index < -0.39 is 82.5 Å². The third-order valence-electron chi connectivity index (χ3n) is 7.52. The molecule has 0 spiro atoms. The van der Waals surface area contributed by atoms with Crippen LogP contribution in [0.25, 0.3) is 11.5 Å². The molecule has 3 aliphatic carbocycles. The Kier molecular flexibility index (Phi) is 4.65. The Bertz CT molecular complexity index is 1280. The molecule has 5 N–H and O–H groups in total. The number of oxazole rings is 1. The molecule has 1 aromatic heterocycles. The summed E-state index contributed by atoms with van der Waals surface area (Å²) < 4.78 is 5.19. The number of hydrogen-bond donors (Lipinski definition) is 4. The molecular weight excluding hydrogens is 448 g/mol. The van der Waals surface area contributed by atoms with Crippen LogP contribution in [0.4, 0.5) is 0 Å². The second-order valence-electron chi connectivity index (χ2n) is 9.07. The van der Waals surface area contributed by atoms with Gasteiger partial charge in [0, 0.05) is 18.3 Å². The second-order valence-corrected chi connectivity index (χ2v) is 9.07. The number of nitrogens with two attached hydrogens (primary N) is 1. The minimum atomic E-state index is -2.95. The fourth-order valence-corrected chi connectivity index (χ4v) is 5.88. The van der Waals surface area contributed by atoms with E-state index in [0.717, 1.165) is 0 Å².